The SMILES string of the molecule is CC(C)(C)OC(=O)NC(Cc1cncc(C(F)(F)F)c1)C(=O)O. The molecule has 1 atom stereocenters. The summed E-state index contributed by atoms with van der Waals surface area (Å²) in [6.45, 7) is 4.79. The molecule has 0 aliphatic carbocycles. The third-order valence-electron chi connectivity index (χ3n) is 2.55. The quantitative estimate of drug-likeness (QED) is 0.884. The molecule has 0 aliphatic heterocycles. The van der Waals surface area contributed by atoms with Crippen molar-refractivity contribution in [2.45, 2.75) is 45.0 Å². The smallest absolute Gasteiger partial charge is 0.417 e. The zero-order valence-corrected chi connectivity index (χ0v) is 12.8. The number of aliphatic carboxylic acids is 1. The summed E-state index contributed by atoms with van der Waals surface area (Å²) >= 11 is 0. The first-order chi connectivity index (χ1) is 10.4. The fourth-order valence-corrected chi connectivity index (χ4v) is 1.64. The summed E-state index contributed by atoms with van der Waals surface area (Å²) in [6, 6.07) is -0.644. The highest BCUT2D eigenvalue weighted by molar-refractivity contribution is 5.80. The van der Waals surface area contributed by atoms with E-state index >= 15 is 0 Å². The van der Waals surface area contributed by atoms with Gasteiger partial charge in [-0.3, -0.25) is 4.98 Å². The number of alkyl carbamates (subject to hydrolysis) is 1. The van der Waals surface area contributed by atoms with E-state index in [-0.39, 0.29) is 12.0 Å². The largest absolute Gasteiger partial charge is 0.480 e. The Hall–Kier alpha value is -2.32. The minimum atomic E-state index is -4.58. The number of ether oxygens (including phenoxy) is 1. The molecule has 0 radical (unpaired) electrons. The summed E-state index contributed by atoms with van der Waals surface area (Å²) in [5.41, 5.74) is -1.79. The number of nitrogens with one attached hydrogen (secondary N) is 1. The number of nitrogens with zero attached hydrogens (tertiary/aromatic N) is 1. The van der Waals surface area contributed by atoms with Gasteiger partial charge in [-0.2, -0.15) is 13.2 Å². The first-order valence-electron chi connectivity index (χ1n) is 6.62. The normalized spacial score (nSPS) is 13.3. The Kier molecular flexibility index (Phi) is 5.57. The molecular weight excluding hydrogens is 317 g/mol. The van der Waals surface area contributed by atoms with Crippen LogP contribution < -0.4 is 5.32 Å². The lowest BCUT2D eigenvalue weighted by atomic mass is 10.1. The van der Waals surface area contributed by atoms with Crippen molar-refractivity contribution in [2.75, 3.05) is 0 Å². The molecule has 1 unspecified atom stereocenters. The summed E-state index contributed by atoms with van der Waals surface area (Å²) in [5, 5.41) is 11.2. The molecule has 1 aromatic heterocycles. The maximum atomic E-state index is 12.6. The van der Waals surface area contributed by atoms with Crippen LogP contribution in [0.25, 0.3) is 0 Å². The first kappa shape index (κ1) is 18.7. The number of hydrogen-bond donors (Lipinski definition) is 2. The Labute approximate surface area is 130 Å². The van der Waals surface area contributed by atoms with E-state index in [9.17, 15) is 22.8 Å². The Bertz CT molecular complexity index is 582. The van der Waals surface area contributed by atoms with Gasteiger partial charge in [0.1, 0.15) is 11.6 Å². The van der Waals surface area contributed by atoms with Gasteiger partial charge in [-0.15, -0.1) is 0 Å². The minimum absolute atomic E-state index is 0.0308. The zero-order chi connectivity index (χ0) is 17.8. The number of rotatable bonds is 4. The molecule has 0 bridgehead atoms. The van der Waals surface area contributed by atoms with Gasteiger partial charge in [-0.05, 0) is 32.4 Å². The number of aromatic nitrogens is 1. The second kappa shape index (κ2) is 6.84. The molecule has 1 heterocycles. The lowest BCUT2D eigenvalue weighted by molar-refractivity contribution is -0.139. The van der Waals surface area contributed by atoms with Crippen molar-refractivity contribution in [1.82, 2.24) is 10.3 Å². The Balaban J connectivity index is 2.85. The van der Waals surface area contributed by atoms with Gasteiger partial charge < -0.3 is 15.2 Å². The first-order valence-corrected chi connectivity index (χ1v) is 6.62. The van der Waals surface area contributed by atoms with Crippen LogP contribution in [0, 0.1) is 0 Å². The molecule has 23 heavy (non-hydrogen) atoms. The third-order valence-corrected chi connectivity index (χ3v) is 2.55. The number of carboxylic acid groups (broad SMARTS) is 1. The minimum Gasteiger partial charge on any atom is -0.480 e. The van der Waals surface area contributed by atoms with Crippen LogP contribution in [0.5, 0.6) is 0 Å². The molecule has 1 rings (SSSR count). The summed E-state index contributed by atoms with van der Waals surface area (Å²) < 4.78 is 42.8. The molecule has 0 aliphatic rings. The predicted molar refractivity (Wildman–Crippen MR) is 73.7 cm³/mol. The predicted octanol–water partition coefficient (Wildman–Crippen LogP) is 2.62. The number of halogens is 3. The van der Waals surface area contributed by atoms with Crippen LogP contribution in [0.3, 0.4) is 0 Å². The molecule has 0 spiro atoms. The van der Waals surface area contributed by atoms with E-state index in [0.29, 0.717) is 6.20 Å². The monoisotopic (exact) mass is 334 g/mol. The maximum Gasteiger partial charge on any atom is 0.417 e. The van der Waals surface area contributed by atoms with Crippen molar-refractivity contribution in [3.8, 4) is 0 Å². The molecule has 1 aromatic rings. The van der Waals surface area contributed by atoms with Crippen LogP contribution in [0.15, 0.2) is 18.5 Å². The molecule has 2 N–H and O–H groups in total. The number of alkyl halides is 3. The number of pyridine rings is 1. The van der Waals surface area contributed by atoms with Crippen LogP contribution in [0.2, 0.25) is 0 Å². The van der Waals surface area contributed by atoms with Crippen molar-refractivity contribution >= 4 is 12.1 Å². The van der Waals surface area contributed by atoms with Crippen molar-refractivity contribution in [1.29, 1.82) is 0 Å². The number of carbonyl (C=O) groups is 2. The van der Waals surface area contributed by atoms with Gasteiger partial charge in [-0.25, -0.2) is 9.59 Å². The van der Waals surface area contributed by atoms with Crippen LogP contribution in [0.1, 0.15) is 31.9 Å². The zero-order valence-electron chi connectivity index (χ0n) is 12.8. The summed E-state index contributed by atoms with van der Waals surface area (Å²) in [5.74, 6) is -1.40. The third kappa shape index (κ3) is 6.54. The Morgan fingerprint density at radius 2 is 1.91 bits per heavy atom. The molecule has 128 valence electrons. The number of carboxylic acids is 1. The van der Waals surface area contributed by atoms with E-state index < -0.39 is 35.4 Å². The van der Waals surface area contributed by atoms with Crippen LogP contribution in [-0.2, 0) is 22.1 Å². The molecule has 0 saturated heterocycles. The molecular formula is C14H17F3N2O4. The molecule has 0 fully saturated rings. The highest BCUT2D eigenvalue weighted by Gasteiger charge is 2.31. The fourth-order valence-electron chi connectivity index (χ4n) is 1.64. The van der Waals surface area contributed by atoms with E-state index in [1.807, 2.05) is 0 Å². The second-order valence-corrected chi connectivity index (χ2v) is 5.82. The standard InChI is InChI=1S/C14H17F3N2O4/c1-13(2,3)23-12(22)19-10(11(20)21)5-8-4-9(7-18-6-8)14(15,16)17/h4,6-7,10H,5H2,1-3H3,(H,19,22)(H,20,21). The second-order valence-electron chi connectivity index (χ2n) is 5.82. The highest BCUT2D eigenvalue weighted by Crippen LogP contribution is 2.29. The van der Waals surface area contributed by atoms with Gasteiger partial charge in [0.05, 0.1) is 5.56 Å². The van der Waals surface area contributed by atoms with Crippen molar-refractivity contribution in [3.05, 3.63) is 29.6 Å². The van der Waals surface area contributed by atoms with Gasteiger partial charge in [0.25, 0.3) is 0 Å². The highest BCUT2D eigenvalue weighted by atomic mass is 19.4. The van der Waals surface area contributed by atoms with Gasteiger partial charge in [0, 0.05) is 18.8 Å². The molecule has 0 aromatic carbocycles. The number of hydrogen-bond acceptors (Lipinski definition) is 4. The van der Waals surface area contributed by atoms with E-state index in [1.165, 1.54) is 0 Å². The Morgan fingerprint density at radius 3 is 2.39 bits per heavy atom. The maximum absolute atomic E-state index is 12.6. The van der Waals surface area contributed by atoms with Crippen molar-refractivity contribution in [2.24, 2.45) is 0 Å². The summed E-state index contributed by atoms with van der Waals surface area (Å²) in [4.78, 5) is 26.2. The summed E-state index contributed by atoms with van der Waals surface area (Å²) in [7, 11) is 0. The van der Waals surface area contributed by atoms with E-state index in [1.54, 1.807) is 20.8 Å². The average Bonchev–Trinajstić information content (AvgIpc) is 2.35. The van der Waals surface area contributed by atoms with Gasteiger partial charge in [0.15, 0.2) is 0 Å². The van der Waals surface area contributed by atoms with E-state index in [2.05, 4.69) is 10.3 Å². The Morgan fingerprint density at radius 1 is 1.30 bits per heavy atom. The molecule has 6 nitrogen and oxygen atoms in total. The molecule has 0 saturated carbocycles. The lowest BCUT2D eigenvalue weighted by Crippen LogP contribution is -2.44. The molecule has 1 amide bonds. The van der Waals surface area contributed by atoms with E-state index in [0.717, 1.165) is 12.3 Å². The fraction of sp³-hybridized carbons (Fsp3) is 0.500. The van der Waals surface area contributed by atoms with Crippen LogP contribution >= 0.6 is 0 Å². The average molecular weight is 334 g/mol. The van der Waals surface area contributed by atoms with Crippen molar-refractivity contribution in [3.63, 3.8) is 0 Å². The van der Waals surface area contributed by atoms with Gasteiger partial charge in [0.2, 0.25) is 0 Å². The summed E-state index contributed by atoms with van der Waals surface area (Å²) in [6.07, 6.45) is -4.15. The van der Waals surface area contributed by atoms with E-state index in [4.69, 9.17) is 9.84 Å². The van der Waals surface area contributed by atoms with Gasteiger partial charge >= 0.3 is 18.2 Å². The topological polar surface area (TPSA) is 88.5 Å². The lowest BCUT2D eigenvalue weighted by Gasteiger charge is -2.22. The van der Waals surface area contributed by atoms with Gasteiger partial charge in [-0.1, -0.05) is 0 Å². The van der Waals surface area contributed by atoms with Crippen LogP contribution in [-0.4, -0.2) is 33.8 Å². The molecule has 9 heteroatoms. The van der Waals surface area contributed by atoms with Crippen LogP contribution in [0.4, 0.5) is 18.0 Å². The number of amides is 1. The number of carbonyl (C=O) groups excluding carboxylic acids is 1. The van der Waals surface area contributed by atoms with Crippen molar-refractivity contribution < 1.29 is 32.6 Å².